The topological polar surface area (TPSA) is 72.2 Å². The number of nitrogens with one attached hydrogen (secondary N) is 1. The maximum absolute atomic E-state index is 11.1. The maximum atomic E-state index is 11.1. The van der Waals surface area contributed by atoms with Gasteiger partial charge in [0.15, 0.2) is 0 Å². The SMILES string of the molecule is CCC1CCC(Nc2ccc(S(N)(=O)=O)cc2)C1. The predicted octanol–water partition coefficient (Wildman–Crippen LogP) is 2.32. The molecule has 3 N–H and O–H groups in total. The highest BCUT2D eigenvalue weighted by molar-refractivity contribution is 7.89. The van der Waals surface area contributed by atoms with E-state index in [2.05, 4.69) is 12.2 Å². The fraction of sp³-hybridized carbons (Fsp3) is 0.538. The van der Waals surface area contributed by atoms with Gasteiger partial charge in [0.25, 0.3) is 0 Å². The summed E-state index contributed by atoms with van der Waals surface area (Å²) in [4.78, 5) is 0.158. The molecule has 2 rings (SSSR count). The standard InChI is InChI=1S/C13H20N2O2S/c1-2-10-3-4-12(9-10)15-11-5-7-13(8-6-11)18(14,16)17/h5-8,10,12,15H,2-4,9H2,1H3,(H2,14,16,17). The first-order valence-corrected chi connectivity index (χ1v) is 7.93. The van der Waals surface area contributed by atoms with Crippen molar-refractivity contribution in [1.29, 1.82) is 0 Å². The Labute approximate surface area is 109 Å². The highest BCUT2D eigenvalue weighted by atomic mass is 32.2. The van der Waals surface area contributed by atoms with E-state index in [0.29, 0.717) is 6.04 Å². The van der Waals surface area contributed by atoms with Gasteiger partial charge in [-0.1, -0.05) is 13.3 Å². The summed E-state index contributed by atoms with van der Waals surface area (Å²) in [6, 6.07) is 7.15. The first kappa shape index (κ1) is 13.4. The lowest BCUT2D eigenvalue weighted by atomic mass is 10.1. The van der Waals surface area contributed by atoms with Crippen molar-refractivity contribution in [3.8, 4) is 0 Å². The molecule has 1 aromatic rings. The maximum Gasteiger partial charge on any atom is 0.238 e. The molecule has 4 nitrogen and oxygen atoms in total. The van der Waals surface area contributed by atoms with Gasteiger partial charge in [-0.15, -0.1) is 0 Å². The molecule has 18 heavy (non-hydrogen) atoms. The van der Waals surface area contributed by atoms with Gasteiger partial charge in [0.1, 0.15) is 0 Å². The van der Waals surface area contributed by atoms with Crippen molar-refractivity contribution < 1.29 is 8.42 Å². The molecule has 2 unspecified atom stereocenters. The number of hydrogen-bond acceptors (Lipinski definition) is 3. The number of rotatable bonds is 4. The Morgan fingerprint density at radius 1 is 1.28 bits per heavy atom. The van der Waals surface area contributed by atoms with Crippen molar-refractivity contribution >= 4 is 15.7 Å². The monoisotopic (exact) mass is 268 g/mol. The Hall–Kier alpha value is -1.07. The molecule has 0 radical (unpaired) electrons. The Morgan fingerprint density at radius 2 is 1.94 bits per heavy atom. The number of benzene rings is 1. The van der Waals surface area contributed by atoms with Gasteiger partial charge in [0.05, 0.1) is 4.90 Å². The van der Waals surface area contributed by atoms with Gasteiger partial charge in [-0.05, 0) is 49.4 Å². The van der Waals surface area contributed by atoms with Crippen LogP contribution in [0.1, 0.15) is 32.6 Å². The summed E-state index contributed by atoms with van der Waals surface area (Å²) in [6.07, 6.45) is 4.91. The van der Waals surface area contributed by atoms with Crippen molar-refractivity contribution in [1.82, 2.24) is 0 Å². The first-order valence-electron chi connectivity index (χ1n) is 6.38. The van der Waals surface area contributed by atoms with E-state index in [1.165, 1.54) is 25.7 Å². The van der Waals surface area contributed by atoms with E-state index < -0.39 is 10.0 Å². The van der Waals surface area contributed by atoms with Crippen LogP contribution in [0.4, 0.5) is 5.69 Å². The Balaban J connectivity index is 1.99. The summed E-state index contributed by atoms with van der Waals surface area (Å²) in [5, 5.41) is 8.51. The number of hydrogen-bond donors (Lipinski definition) is 2. The summed E-state index contributed by atoms with van der Waals surface area (Å²) < 4.78 is 22.3. The molecule has 0 saturated heterocycles. The zero-order valence-corrected chi connectivity index (χ0v) is 11.4. The van der Waals surface area contributed by atoms with Crippen LogP contribution in [-0.2, 0) is 10.0 Å². The molecule has 0 aromatic heterocycles. The summed E-state index contributed by atoms with van der Waals surface area (Å²) >= 11 is 0. The molecule has 1 fully saturated rings. The van der Waals surface area contributed by atoms with E-state index in [1.807, 2.05) is 0 Å². The minimum Gasteiger partial charge on any atom is -0.382 e. The second-order valence-corrected chi connectivity index (χ2v) is 6.56. The molecule has 0 spiro atoms. The van der Waals surface area contributed by atoms with E-state index >= 15 is 0 Å². The van der Waals surface area contributed by atoms with Crippen LogP contribution >= 0.6 is 0 Å². The van der Waals surface area contributed by atoms with Crippen LogP contribution in [0, 0.1) is 5.92 Å². The summed E-state index contributed by atoms with van der Waals surface area (Å²) in [6.45, 7) is 2.23. The fourth-order valence-corrected chi connectivity index (χ4v) is 3.07. The quantitative estimate of drug-likeness (QED) is 0.880. The van der Waals surface area contributed by atoms with Crippen LogP contribution in [0.3, 0.4) is 0 Å². The Kier molecular flexibility index (Phi) is 3.92. The second-order valence-electron chi connectivity index (χ2n) is 5.00. The molecule has 5 heteroatoms. The fourth-order valence-electron chi connectivity index (χ4n) is 2.55. The van der Waals surface area contributed by atoms with Gasteiger partial charge in [0, 0.05) is 11.7 Å². The summed E-state index contributed by atoms with van der Waals surface area (Å²) in [7, 11) is -3.59. The van der Waals surface area contributed by atoms with Crippen LogP contribution in [-0.4, -0.2) is 14.5 Å². The van der Waals surface area contributed by atoms with E-state index in [9.17, 15) is 8.42 Å². The van der Waals surface area contributed by atoms with Gasteiger partial charge in [-0.2, -0.15) is 0 Å². The van der Waals surface area contributed by atoms with E-state index in [4.69, 9.17) is 5.14 Å². The molecule has 1 aliphatic rings. The lowest BCUT2D eigenvalue weighted by Crippen LogP contribution is -2.16. The lowest BCUT2D eigenvalue weighted by Gasteiger charge is -2.14. The molecular weight excluding hydrogens is 248 g/mol. The summed E-state index contributed by atoms with van der Waals surface area (Å²) in [5.41, 5.74) is 0.962. The highest BCUT2D eigenvalue weighted by Gasteiger charge is 2.22. The average Bonchev–Trinajstić information content (AvgIpc) is 2.76. The van der Waals surface area contributed by atoms with Gasteiger partial charge < -0.3 is 5.32 Å². The molecule has 0 aliphatic heterocycles. The van der Waals surface area contributed by atoms with Crippen LogP contribution in [0.15, 0.2) is 29.2 Å². The van der Waals surface area contributed by atoms with Crippen LogP contribution in [0.25, 0.3) is 0 Å². The number of primary sulfonamides is 1. The molecule has 1 aliphatic carbocycles. The predicted molar refractivity (Wildman–Crippen MR) is 72.9 cm³/mol. The van der Waals surface area contributed by atoms with Crippen molar-refractivity contribution in [2.75, 3.05) is 5.32 Å². The van der Waals surface area contributed by atoms with Crippen molar-refractivity contribution in [3.63, 3.8) is 0 Å². The van der Waals surface area contributed by atoms with Gasteiger partial charge in [-0.3, -0.25) is 0 Å². The molecule has 1 saturated carbocycles. The van der Waals surface area contributed by atoms with Crippen molar-refractivity contribution in [3.05, 3.63) is 24.3 Å². The summed E-state index contributed by atoms with van der Waals surface area (Å²) in [5.74, 6) is 0.825. The van der Waals surface area contributed by atoms with E-state index in [0.717, 1.165) is 11.6 Å². The van der Waals surface area contributed by atoms with E-state index in [-0.39, 0.29) is 4.90 Å². The zero-order valence-electron chi connectivity index (χ0n) is 10.6. The molecule has 0 heterocycles. The molecule has 100 valence electrons. The molecule has 1 aromatic carbocycles. The number of nitrogens with two attached hydrogens (primary N) is 1. The molecule has 0 bridgehead atoms. The number of sulfonamides is 1. The van der Waals surface area contributed by atoms with Gasteiger partial charge >= 0.3 is 0 Å². The van der Waals surface area contributed by atoms with Crippen LogP contribution in [0.5, 0.6) is 0 Å². The first-order chi connectivity index (χ1) is 8.49. The van der Waals surface area contributed by atoms with Crippen molar-refractivity contribution in [2.24, 2.45) is 11.1 Å². The number of anilines is 1. The van der Waals surface area contributed by atoms with Crippen LogP contribution in [0.2, 0.25) is 0 Å². The third-order valence-corrected chi connectivity index (χ3v) is 4.60. The molecule has 0 amide bonds. The Morgan fingerprint density at radius 3 is 2.44 bits per heavy atom. The third kappa shape index (κ3) is 3.23. The van der Waals surface area contributed by atoms with Gasteiger partial charge in [-0.25, -0.2) is 13.6 Å². The third-order valence-electron chi connectivity index (χ3n) is 3.67. The largest absolute Gasteiger partial charge is 0.382 e. The molecular formula is C13H20N2O2S. The smallest absolute Gasteiger partial charge is 0.238 e. The van der Waals surface area contributed by atoms with Crippen molar-refractivity contribution in [2.45, 2.75) is 43.5 Å². The minimum absolute atomic E-state index is 0.158. The second kappa shape index (κ2) is 5.28. The Bertz CT molecular complexity index is 496. The van der Waals surface area contributed by atoms with Gasteiger partial charge in [0.2, 0.25) is 10.0 Å². The van der Waals surface area contributed by atoms with Crippen LogP contribution < -0.4 is 10.5 Å². The molecule has 2 atom stereocenters. The minimum atomic E-state index is -3.59. The lowest BCUT2D eigenvalue weighted by molar-refractivity contribution is 0.525. The van der Waals surface area contributed by atoms with E-state index in [1.54, 1.807) is 24.3 Å². The zero-order chi connectivity index (χ0) is 13.2. The highest BCUT2D eigenvalue weighted by Crippen LogP contribution is 2.30. The average molecular weight is 268 g/mol. The normalized spacial score (nSPS) is 24.1.